The van der Waals surface area contributed by atoms with Gasteiger partial charge in [-0.25, -0.2) is 8.42 Å². The van der Waals surface area contributed by atoms with Gasteiger partial charge in [0.05, 0.1) is 0 Å². The Balaban J connectivity index is 1.81. The number of anilines is 1. The minimum absolute atomic E-state index is 0.126. The number of hydrogen-bond acceptors (Lipinski definition) is 3. The zero-order valence-corrected chi connectivity index (χ0v) is 19.0. The van der Waals surface area contributed by atoms with Gasteiger partial charge in [0.25, 0.3) is 0 Å². The first-order valence-corrected chi connectivity index (χ1v) is 12.2. The predicted octanol–water partition coefficient (Wildman–Crippen LogP) is 5.47. The monoisotopic (exact) mass is 494 g/mol. The molecular weight excluding hydrogens is 473 g/mol. The lowest BCUT2D eigenvalue weighted by atomic mass is 9.78. The van der Waals surface area contributed by atoms with Crippen molar-refractivity contribution in [1.82, 2.24) is 4.90 Å². The van der Waals surface area contributed by atoms with E-state index in [1.165, 1.54) is 36.4 Å². The molecule has 0 spiro atoms. The van der Waals surface area contributed by atoms with Crippen LogP contribution in [0.15, 0.2) is 84.9 Å². The molecule has 4 nitrogen and oxygen atoms in total. The minimum Gasteiger partial charge on any atom is -0.296 e. The van der Waals surface area contributed by atoms with Crippen molar-refractivity contribution in [3.63, 3.8) is 0 Å². The number of benzene rings is 3. The number of sulfonamides is 1. The van der Waals surface area contributed by atoms with Crippen LogP contribution in [0.4, 0.5) is 18.9 Å². The Hall–Kier alpha value is -2.55. The van der Waals surface area contributed by atoms with Gasteiger partial charge in [-0.2, -0.15) is 13.2 Å². The van der Waals surface area contributed by atoms with Crippen LogP contribution >= 0.6 is 11.6 Å². The summed E-state index contributed by atoms with van der Waals surface area (Å²) in [6.07, 6.45) is -4.83. The van der Waals surface area contributed by atoms with Gasteiger partial charge >= 0.3 is 6.18 Å². The van der Waals surface area contributed by atoms with Crippen LogP contribution in [0.3, 0.4) is 0 Å². The summed E-state index contributed by atoms with van der Waals surface area (Å²) in [6.45, 7) is -0.573. The first kappa shape index (κ1) is 23.6. The molecule has 0 radical (unpaired) electrons. The Morgan fingerprint density at radius 2 is 1.52 bits per heavy atom. The number of likely N-dealkylation sites (tertiary alicyclic amines) is 1. The third kappa shape index (κ3) is 4.74. The lowest BCUT2D eigenvalue weighted by Crippen LogP contribution is -2.55. The van der Waals surface area contributed by atoms with Gasteiger partial charge in [0.1, 0.15) is 10.7 Å². The van der Waals surface area contributed by atoms with Crippen LogP contribution < -0.4 is 4.72 Å². The number of rotatable bonds is 6. The number of alkyl halides is 3. The van der Waals surface area contributed by atoms with Gasteiger partial charge in [0.15, 0.2) is 0 Å². The van der Waals surface area contributed by atoms with E-state index in [4.69, 9.17) is 11.6 Å². The predicted molar refractivity (Wildman–Crippen MR) is 124 cm³/mol. The molecule has 1 saturated heterocycles. The van der Waals surface area contributed by atoms with E-state index < -0.39 is 33.4 Å². The molecule has 1 aliphatic heterocycles. The molecule has 1 heterocycles. The molecule has 4 rings (SSSR count). The third-order valence-electron chi connectivity index (χ3n) is 5.97. The minimum atomic E-state index is -4.83. The fraction of sp³-hybridized carbons (Fsp3) is 0.250. The summed E-state index contributed by atoms with van der Waals surface area (Å²) in [6, 6.07) is 22.2. The zero-order valence-electron chi connectivity index (χ0n) is 17.5. The molecule has 2 unspecified atom stereocenters. The molecule has 3 aromatic carbocycles. The quantitative estimate of drug-likeness (QED) is 0.494. The molecule has 1 N–H and O–H groups in total. The highest BCUT2D eigenvalue weighted by atomic mass is 35.5. The Bertz CT molecular complexity index is 1190. The summed E-state index contributed by atoms with van der Waals surface area (Å²) in [5.41, 5.74) is -1.74. The molecule has 0 amide bonds. The zero-order chi connectivity index (χ0) is 23.7. The second kappa shape index (κ2) is 9.00. The van der Waals surface area contributed by atoms with Crippen LogP contribution in [0.1, 0.15) is 11.1 Å². The lowest BCUT2D eigenvalue weighted by Gasteiger charge is -2.37. The second-order valence-corrected chi connectivity index (χ2v) is 10.4. The smallest absolute Gasteiger partial charge is 0.296 e. The molecule has 9 heteroatoms. The SMILES string of the molecule is O=S(=O)(Nc1ccccc1)C1CN(Cc2ccccc2)CC1(c1ccc(Cl)cc1)C(F)(F)F. The number of halogens is 4. The number of hydrogen-bond donors (Lipinski definition) is 1. The molecule has 1 fully saturated rings. The highest BCUT2D eigenvalue weighted by Gasteiger charge is 2.67. The van der Waals surface area contributed by atoms with Crippen LogP contribution in [0.5, 0.6) is 0 Å². The van der Waals surface area contributed by atoms with Crippen molar-refractivity contribution in [3.8, 4) is 0 Å². The third-order valence-corrected chi connectivity index (χ3v) is 8.04. The molecule has 3 aromatic rings. The van der Waals surface area contributed by atoms with E-state index in [1.54, 1.807) is 35.2 Å². The average molecular weight is 495 g/mol. The van der Waals surface area contributed by atoms with E-state index in [2.05, 4.69) is 4.72 Å². The number of para-hydroxylation sites is 1. The Kier molecular flexibility index (Phi) is 6.44. The Labute approximate surface area is 196 Å². The van der Waals surface area contributed by atoms with Crippen molar-refractivity contribution in [2.45, 2.75) is 23.4 Å². The van der Waals surface area contributed by atoms with Crippen molar-refractivity contribution in [2.75, 3.05) is 17.8 Å². The van der Waals surface area contributed by atoms with Gasteiger partial charge in [-0.3, -0.25) is 9.62 Å². The average Bonchev–Trinajstić information content (AvgIpc) is 3.17. The normalized spacial score (nSPS) is 21.8. The second-order valence-electron chi connectivity index (χ2n) is 8.13. The fourth-order valence-corrected chi connectivity index (χ4v) is 6.45. The molecule has 0 saturated carbocycles. The lowest BCUT2D eigenvalue weighted by molar-refractivity contribution is -0.186. The van der Waals surface area contributed by atoms with Crippen LogP contribution in [-0.2, 0) is 22.0 Å². The van der Waals surface area contributed by atoms with Crippen molar-refractivity contribution < 1.29 is 21.6 Å². The molecule has 1 aliphatic rings. The van der Waals surface area contributed by atoms with Crippen molar-refractivity contribution in [2.24, 2.45) is 0 Å². The highest BCUT2D eigenvalue weighted by molar-refractivity contribution is 7.93. The summed E-state index contributed by atoms with van der Waals surface area (Å²) >= 11 is 5.93. The van der Waals surface area contributed by atoms with Crippen LogP contribution in [-0.4, -0.2) is 37.8 Å². The van der Waals surface area contributed by atoms with E-state index in [-0.39, 0.29) is 29.4 Å². The maximum absolute atomic E-state index is 14.9. The summed E-state index contributed by atoms with van der Waals surface area (Å²) in [5.74, 6) is 0. The van der Waals surface area contributed by atoms with Gasteiger partial charge in [0.2, 0.25) is 10.0 Å². The van der Waals surface area contributed by atoms with Gasteiger partial charge in [-0.15, -0.1) is 0 Å². The topological polar surface area (TPSA) is 49.4 Å². The van der Waals surface area contributed by atoms with Gasteiger partial charge in [-0.1, -0.05) is 72.3 Å². The van der Waals surface area contributed by atoms with Crippen LogP contribution in [0.25, 0.3) is 0 Å². The largest absolute Gasteiger partial charge is 0.401 e. The standard InChI is InChI=1S/C24H22ClF3N2O2S/c25-20-13-11-19(12-14-20)23(24(26,27)28)17-30(15-18-7-3-1-4-8-18)16-22(23)33(31,32)29-21-9-5-2-6-10-21/h1-14,22,29H,15-17H2. The fourth-order valence-electron chi connectivity index (χ4n) is 4.44. The molecule has 2 atom stereocenters. The van der Waals surface area contributed by atoms with E-state index in [1.807, 2.05) is 18.2 Å². The Morgan fingerprint density at radius 3 is 2.09 bits per heavy atom. The highest BCUT2D eigenvalue weighted by Crippen LogP contribution is 2.50. The maximum Gasteiger partial charge on any atom is 0.401 e. The van der Waals surface area contributed by atoms with Crippen LogP contribution in [0, 0.1) is 0 Å². The molecule has 0 bridgehead atoms. The van der Waals surface area contributed by atoms with Crippen molar-refractivity contribution in [1.29, 1.82) is 0 Å². The first-order valence-electron chi connectivity index (χ1n) is 10.3. The van der Waals surface area contributed by atoms with E-state index in [0.717, 1.165) is 5.56 Å². The molecule has 0 aromatic heterocycles. The van der Waals surface area contributed by atoms with Crippen LogP contribution in [0.2, 0.25) is 5.02 Å². The van der Waals surface area contributed by atoms with E-state index >= 15 is 0 Å². The summed E-state index contributed by atoms with van der Waals surface area (Å²) in [7, 11) is -4.43. The molecule has 0 aliphatic carbocycles. The van der Waals surface area contributed by atoms with E-state index in [0.29, 0.717) is 0 Å². The molecular formula is C24H22ClF3N2O2S. The summed E-state index contributed by atoms with van der Waals surface area (Å²) in [4.78, 5) is 1.55. The van der Waals surface area contributed by atoms with Crippen molar-refractivity contribution >= 4 is 27.3 Å². The van der Waals surface area contributed by atoms with Gasteiger partial charge in [0, 0.05) is 30.3 Å². The maximum atomic E-state index is 14.9. The summed E-state index contributed by atoms with van der Waals surface area (Å²) in [5, 5.41) is -1.49. The summed E-state index contributed by atoms with van der Waals surface area (Å²) < 4.78 is 73.9. The van der Waals surface area contributed by atoms with Crippen molar-refractivity contribution in [3.05, 3.63) is 101 Å². The number of nitrogens with zero attached hydrogens (tertiary/aromatic N) is 1. The Morgan fingerprint density at radius 1 is 0.939 bits per heavy atom. The number of nitrogens with one attached hydrogen (secondary N) is 1. The van der Waals surface area contributed by atoms with Gasteiger partial charge in [-0.05, 0) is 35.4 Å². The van der Waals surface area contributed by atoms with Gasteiger partial charge < -0.3 is 0 Å². The molecule has 174 valence electrons. The first-order chi connectivity index (χ1) is 15.6. The van der Waals surface area contributed by atoms with E-state index in [9.17, 15) is 21.6 Å². The molecule has 33 heavy (non-hydrogen) atoms.